The minimum absolute atomic E-state index is 0.0405. The fraction of sp³-hybridized carbons (Fsp3) is 0.763. The summed E-state index contributed by atoms with van der Waals surface area (Å²) in [5.41, 5.74) is 27.2. The average molecular weight is 795 g/mol. The molecule has 0 bridgehead atoms. The summed E-state index contributed by atoms with van der Waals surface area (Å²) in [6.07, 6.45) is 1.41. The SMILES string of the molecule is CC[C@H](C)[C@H](CC(=O)[C@H](CO)NC(=O)[C@@H](CC(=O)[C@H](CC(C)C)NC(=O)[C@H](CCCN=C(N)N)CC(=O)[C@H](CCCN=C(N)N)NC(C)=O)CC(C)C)C(N)=O. The quantitative estimate of drug-likeness (QED) is 0.0262. The van der Waals surface area contributed by atoms with Crippen molar-refractivity contribution in [2.75, 3.05) is 19.7 Å². The van der Waals surface area contributed by atoms with E-state index in [0.717, 1.165) is 0 Å². The first-order chi connectivity index (χ1) is 26.1. The average Bonchev–Trinajstić information content (AvgIpc) is 3.09. The highest BCUT2D eigenvalue weighted by Gasteiger charge is 2.34. The molecule has 0 rings (SSSR count). The molecule has 0 aromatic heterocycles. The van der Waals surface area contributed by atoms with Crippen molar-refractivity contribution in [1.82, 2.24) is 16.0 Å². The lowest BCUT2D eigenvalue weighted by atomic mass is 9.85. The van der Waals surface area contributed by atoms with Crippen LogP contribution in [0.1, 0.15) is 113 Å². The highest BCUT2D eigenvalue weighted by atomic mass is 16.3. The lowest BCUT2D eigenvalue weighted by Crippen LogP contribution is -2.49. The van der Waals surface area contributed by atoms with Gasteiger partial charge in [-0.15, -0.1) is 0 Å². The first-order valence-corrected chi connectivity index (χ1v) is 19.6. The molecule has 320 valence electrons. The second-order valence-corrected chi connectivity index (χ2v) is 15.5. The number of nitrogens with zero attached hydrogens (tertiary/aromatic N) is 2. The summed E-state index contributed by atoms with van der Waals surface area (Å²) >= 11 is 0. The van der Waals surface area contributed by atoms with Gasteiger partial charge in [-0.05, 0) is 56.3 Å². The predicted octanol–water partition coefficient (Wildman–Crippen LogP) is -0.0900. The number of amides is 4. The normalized spacial score (nSPS) is 15.0. The van der Waals surface area contributed by atoms with Gasteiger partial charge >= 0.3 is 0 Å². The molecule has 0 aromatic carbocycles. The number of nitrogens with one attached hydrogen (secondary N) is 3. The summed E-state index contributed by atoms with van der Waals surface area (Å²) in [4.78, 5) is 100. The van der Waals surface area contributed by atoms with Crippen molar-refractivity contribution < 1.29 is 38.7 Å². The summed E-state index contributed by atoms with van der Waals surface area (Å²) in [5, 5.41) is 18.1. The van der Waals surface area contributed by atoms with E-state index in [-0.39, 0.29) is 87.7 Å². The van der Waals surface area contributed by atoms with Crippen molar-refractivity contribution in [1.29, 1.82) is 0 Å². The van der Waals surface area contributed by atoms with Gasteiger partial charge in [0.1, 0.15) is 6.04 Å². The maximum atomic E-state index is 14.0. The number of carbonyl (C=O) groups is 7. The van der Waals surface area contributed by atoms with Crippen molar-refractivity contribution in [3.8, 4) is 0 Å². The highest BCUT2D eigenvalue weighted by molar-refractivity contribution is 5.97. The fourth-order valence-corrected chi connectivity index (χ4v) is 6.33. The summed E-state index contributed by atoms with van der Waals surface area (Å²) in [7, 11) is 0. The van der Waals surface area contributed by atoms with Crippen LogP contribution in [0.2, 0.25) is 0 Å². The number of rotatable bonds is 30. The molecule has 0 aromatic rings. The van der Waals surface area contributed by atoms with Crippen LogP contribution in [-0.2, 0) is 33.6 Å². The topological polar surface area (TPSA) is 331 Å². The largest absolute Gasteiger partial charge is 0.394 e. The van der Waals surface area contributed by atoms with Crippen molar-refractivity contribution in [3.63, 3.8) is 0 Å². The second-order valence-electron chi connectivity index (χ2n) is 15.5. The van der Waals surface area contributed by atoms with Gasteiger partial charge in [0.2, 0.25) is 23.6 Å². The first kappa shape index (κ1) is 51.4. The van der Waals surface area contributed by atoms with Gasteiger partial charge in [-0.25, -0.2) is 0 Å². The van der Waals surface area contributed by atoms with Gasteiger partial charge in [0, 0.05) is 57.0 Å². The number of primary amides is 1. The van der Waals surface area contributed by atoms with Crippen LogP contribution < -0.4 is 44.6 Å². The number of hydrogen-bond acceptors (Lipinski definition) is 10. The van der Waals surface area contributed by atoms with E-state index in [9.17, 15) is 38.7 Å². The Hall–Kier alpha value is -4.61. The Labute approximate surface area is 331 Å². The van der Waals surface area contributed by atoms with Crippen molar-refractivity contribution in [3.05, 3.63) is 0 Å². The number of nitrogens with two attached hydrogens (primary N) is 5. The smallest absolute Gasteiger partial charge is 0.224 e. The zero-order chi connectivity index (χ0) is 43.1. The Morgan fingerprint density at radius 2 is 1.07 bits per heavy atom. The fourth-order valence-electron chi connectivity index (χ4n) is 6.33. The maximum absolute atomic E-state index is 14.0. The molecule has 18 heteroatoms. The summed E-state index contributed by atoms with van der Waals surface area (Å²) in [6, 6.07) is -3.24. The number of Topliss-reactive ketones (excluding diaryl/α,β-unsaturated/α-hetero) is 3. The molecule has 0 fully saturated rings. The Morgan fingerprint density at radius 1 is 0.607 bits per heavy atom. The number of guanidine groups is 2. The zero-order valence-corrected chi connectivity index (χ0v) is 34.5. The molecule has 0 aliphatic rings. The molecule has 0 spiro atoms. The minimum Gasteiger partial charge on any atom is -0.394 e. The van der Waals surface area contributed by atoms with Gasteiger partial charge in [0.25, 0.3) is 0 Å². The van der Waals surface area contributed by atoms with E-state index < -0.39 is 83.5 Å². The Balaban J connectivity index is 6.30. The van der Waals surface area contributed by atoms with Crippen molar-refractivity contribution >= 4 is 52.9 Å². The summed E-state index contributed by atoms with van der Waals surface area (Å²) < 4.78 is 0. The highest BCUT2D eigenvalue weighted by Crippen LogP contribution is 2.23. The van der Waals surface area contributed by atoms with E-state index >= 15 is 0 Å². The van der Waals surface area contributed by atoms with Crippen LogP contribution in [0.3, 0.4) is 0 Å². The van der Waals surface area contributed by atoms with E-state index in [1.54, 1.807) is 6.92 Å². The zero-order valence-electron chi connectivity index (χ0n) is 34.5. The van der Waals surface area contributed by atoms with E-state index in [0.29, 0.717) is 19.3 Å². The lowest BCUT2D eigenvalue weighted by Gasteiger charge is -2.27. The third kappa shape index (κ3) is 21.5. The lowest BCUT2D eigenvalue weighted by molar-refractivity contribution is -0.136. The monoisotopic (exact) mass is 795 g/mol. The number of carbonyl (C=O) groups excluding carboxylic acids is 7. The Bertz CT molecular complexity index is 1360. The molecule has 0 aliphatic heterocycles. The number of aliphatic hydroxyl groups excluding tert-OH is 1. The maximum Gasteiger partial charge on any atom is 0.224 e. The molecule has 0 radical (unpaired) electrons. The van der Waals surface area contributed by atoms with Gasteiger partial charge in [-0.2, -0.15) is 0 Å². The van der Waals surface area contributed by atoms with Gasteiger partial charge in [0.05, 0.1) is 18.7 Å². The molecule has 7 atom stereocenters. The number of aliphatic hydroxyl groups is 1. The molecule has 0 unspecified atom stereocenters. The van der Waals surface area contributed by atoms with Gasteiger partial charge in [-0.1, -0.05) is 48.0 Å². The van der Waals surface area contributed by atoms with Crippen LogP contribution in [0, 0.1) is 35.5 Å². The van der Waals surface area contributed by atoms with Crippen LogP contribution in [0.5, 0.6) is 0 Å². The van der Waals surface area contributed by atoms with E-state index in [1.165, 1.54) is 6.92 Å². The van der Waals surface area contributed by atoms with E-state index in [4.69, 9.17) is 28.7 Å². The second kappa shape index (κ2) is 27.1. The van der Waals surface area contributed by atoms with Crippen molar-refractivity contribution in [2.24, 2.45) is 74.2 Å². The van der Waals surface area contributed by atoms with Gasteiger partial charge in [-0.3, -0.25) is 43.5 Å². The summed E-state index contributed by atoms with van der Waals surface area (Å²) in [5.74, 6) is -6.78. The molecule has 0 saturated carbocycles. The van der Waals surface area contributed by atoms with E-state index in [1.807, 2.05) is 34.6 Å². The molecule has 14 N–H and O–H groups in total. The number of aliphatic imine (C=N–C) groups is 2. The molecule has 0 saturated heterocycles. The standard InChI is InChI=1S/C38H70N10O8/c1-8-23(6)27(34(39)54)19-33(53)30(20-49)48-36(56)26(15-21(2)3)18-32(52)29(16-22(4)5)47-35(55)25(11-9-13-44-37(40)41)17-31(51)28(46-24(7)50)12-10-14-45-38(42)43/h21-23,25-30,49H,8-20H2,1-7H3,(H2,39,54)(H,46,50)(H,47,55)(H,48,56)(H4,40,41,44)(H4,42,43,45)/t23-,25+,26+,27-,28-,29-,30-/m0/s1. The van der Waals surface area contributed by atoms with Crippen LogP contribution in [0.25, 0.3) is 0 Å². The Kier molecular flexibility index (Phi) is 24.8. The molecule has 4 amide bonds. The third-order valence-corrected chi connectivity index (χ3v) is 9.53. The van der Waals surface area contributed by atoms with Gasteiger partial charge in [0.15, 0.2) is 29.3 Å². The molecular weight excluding hydrogens is 724 g/mol. The molecule has 18 nitrogen and oxygen atoms in total. The van der Waals surface area contributed by atoms with Crippen LogP contribution in [0.4, 0.5) is 0 Å². The first-order valence-electron chi connectivity index (χ1n) is 19.6. The Morgan fingerprint density at radius 3 is 1.54 bits per heavy atom. The summed E-state index contributed by atoms with van der Waals surface area (Å²) in [6.45, 7) is 12.1. The van der Waals surface area contributed by atoms with Crippen molar-refractivity contribution in [2.45, 2.75) is 131 Å². The van der Waals surface area contributed by atoms with Crippen LogP contribution >= 0.6 is 0 Å². The number of hydrogen-bond donors (Lipinski definition) is 9. The molecule has 56 heavy (non-hydrogen) atoms. The van der Waals surface area contributed by atoms with Crippen LogP contribution in [-0.4, -0.2) is 95.8 Å². The molecule has 0 heterocycles. The van der Waals surface area contributed by atoms with E-state index in [2.05, 4.69) is 25.9 Å². The van der Waals surface area contributed by atoms with Gasteiger partial charge < -0.3 is 49.7 Å². The minimum atomic E-state index is -1.31. The third-order valence-electron chi connectivity index (χ3n) is 9.53. The van der Waals surface area contributed by atoms with Crippen LogP contribution in [0.15, 0.2) is 9.98 Å². The molecule has 0 aliphatic carbocycles. The predicted molar refractivity (Wildman–Crippen MR) is 215 cm³/mol. The number of ketones is 3. The molecular formula is C38H70N10O8.